The highest BCUT2D eigenvalue weighted by atomic mass is 127. The van der Waals surface area contributed by atoms with Gasteiger partial charge in [-0.25, -0.2) is 4.79 Å². The Bertz CT molecular complexity index is 1260. The quantitative estimate of drug-likeness (QED) is 0.166. The maximum absolute atomic E-state index is 12.6. The van der Waals surface area contributed by atoms with E-state index in [2.05, 4.69) is 59.8 Å². The van der Waals surface area contributed by atoms with Gasteiger partial charge in [-0.3, -0.25) is 4.79 Å². The van der Waals surface area contributed by atoms with Gasteiger partial charge in [0.05, 0.1) is 14.5 Å². The van der Waals surface area contributed by atoms with Crippen molar-refractivity contribution in [1.82, 2.24) is 0 Å². The predicted octanol–water partition coefficient (Wildman–Crippen LogP) is 6.64. The van der Waals surface area contributed by atoms with E-state index in [9.17, 15) is 14.9 Å². The first-order valence-electron chi connectivity index (χ1n) is 9.39. The monoisotopic (exact) mass is 680 g/mol. The van der Waals surface area contributed by atoms with E-state index in [4.69, 9.17) is 9.84 Å². The fourth-order valence-corrected chi connectivity index (χ4v) is 4.59. The number of nitrogens with one attached hydrogen (secondary N) is 1. The first-order valence-corrected chi connectivity index (χ1v) is 12.1. The Morgan fingerprint density at radius 2 is 1.76 bits per heavy atom. The molecule has 0 radical (unpaired) electrons. The van der Waals surface area contributed by atoms with Crippen LogP contribution in [-0.4, -0.2) is 17.0 Å². The van der Waals surface area contributed by atoms with E-state index in [1.807, 2.05) is 30.3 Å². The molecule has 33 heavy (non-hydrogen) atoms. The zero-order valence-corrected chi connectivity index (χ0v) is 22.1. The second-order valence-electron chi connectivity index (χ2n) is 6.74. The second-order valence-corrected chi connectivity index (χ2v) is 9.69. The molecule has 0 aliphatic rings. The molecule has 3 aromatic carbocycles. The third kappa shape index (κ3) is 6.90. The topological polar surface area (TPSA) is 99.4 Å². The highest BCUT2D eigenvalue weighted by Crippen LogP contribution is 2.36. The molecule has 1 amide bonds. The van der Waals surface area contributed by atoms with Crippen molar-refractivity contribution < 1.29 is 19.4 Å². The molecule has 0 bridgehead atoms. The fraction of sp³-hybridized carbons (Fsp3) is 0.0417. The van der Waals surface area contributed by atoms with E-state index in [0.29, 0.717) is 26.9 Å². The number of benzene rings is 3. The predicted molar refractivity (Wildman–Crippen MR) is 141 cm³/mol. The molecule has 2 N–H and O–H groups in total. The molecule has 3 rings (SSSR count). The number of carbonyl (C=O) groups is 2. The lowest BCUT2D eigenvalue weighted by molar-refractivity contribution is -0.112. The number of carboxylic acids is 1. The molecular formula is C24H15Br2IN2O4. The van der Waals surface area contributed by atoms with E-state index in [1.165, 1.54) is 24.3 Å². The van der Waals surface area contributed by atoms with Crippen LogP contribution in [0.25, 0.3) is 6.08 Å². The van der Waals surface area contributed by atoms with Gasteiger partial charge in [0, 0.05) is 9.26 Å². The Hall–Kier alpha value is -2.68. The Morgan fingerprint density at radius 1 is 1.09 bits per heavy atom. The summed E-state index contributed by atoms with van der Waals surface area (Å²) in [6, 6.07) is 19.1. The molecule has 0 spiro atoms. The van der Waals surface area contributed by atoms with E-state index >= 15 is 0 Å². The molecule has 166 valence electrons. The standard InChI is InChI=1S/C24H15Br2IN2O4/c25-20-9-15(10-21(26)22(20)33-13-14-4-6-18(27)7-5-14)8-17(12-28)23(30)29-19-3-1-2-16(11-19)24(31)32/h1-11H,13H2,(H,29,30)(H,31,32)/b17-8-. The van der Waals surface area contributed by atoms with Gasteiger partial charge in [-0.1, -0.05) is 18.2 Å². The Balaban J connectivity index is 1.77. The highest BCUT2D eigenvalue weighted by molar-refractivity contribution is 14.1. The number of amides is 1. The summed E-state index contributed by atoms with van der Waals surface area (Å²) in [6.45, 7) is 0.380. The third-order valence-electron chi connectivity index (χ3n) is 4.36. The highest BCUT2D eigenvalue weighted by Gasteiger charge is 2.14. The van der Waals surface area contributed by atoms with Crippen molar-refractivity contribution in [1.29, 1.82) is 5.26 Å². The van der Waals surface area contributed by atoms with Crippen LogP contribution < -0.4 is 10.1 Å². The lowest BCUT2D eigenvalue weighted by Gasteiger charge is -2.12. The zero-order chi connectivity index (χ0) is 24.0. The van der Waals surface area contributed by atoms with Crippen LogP contribution in [0.5, 0.6) is 5.75 Å². The van der Waals surface area contributed by atoms with Crippen LogP contribution >= 0.6 is 54.5 Å². The smallest absolute Gasteiger partial charge is 0.335 e. The molecule has 0 atom stereocenters. The number of carbonyl (C=O) groups excluding carboxylic acids is 1. The summed E-state index contributed by atoms with van der Waals surface area (Å²) in [6.07, 6.45) is 1.44. The minimum atomic E-state index is -1.11. The van der Waals surface area contributed by atoms with Gasteiger partial charge in [0.2, 0.25) is 0 Å². The molecule has 0 fully saturated rings. The van der Waals surface area contributed by atoms with E-state index in [-0.39, 0.29) is 16.8 Å². The molecule has 0 aromatic heterocycles. The summed E-state index contributed by atoms with van der Waals surface area (Å²) in [5.41, 5.74) is 1.80. The van der Waals surface area contributed by atoms with Crippen LogP contribution in [0.15, 0.2) is 75.2 Å². The summed E-state index contributed by atoms with van der Waals surface area (Å²) in [4.78, 5) is 23.7. The maximum atomic E-state index is 12.6. The van der Waals surface area contributed by atoms with Gasteiger partial charge in [0.1, 0.15) is 24.0 Å². The number of ether oxygens (including phenoxy) is 1. The number of nitriles is 1. The summed E-state index contributed by atoms with van der Waals surface area (Å²) in [7, 11) is 0. The minimum Gasteiger partial charge on any atom is -0.487 e. The molecule has 0 saturated heterocycles. The molecule has 0 aliphatic carbocycles. The van der Waals surface area contributed by atoms with Crippen LogP contribution in [0.4, 0.5) is 5.69 Å². The molecule has 0 aliphatic heterocycles. The van der Waals surface area contributed by atoms with Gasteiger partial charge in [0.15, 0.2) is 0 Å². The second kappa shape index (κ2) is 11.4. The van der Waals surface area contributed by atoms with Crippen molar-refractivity contribution in [2.75, 3.05) is 5.32 Å². The number of hydrogen-bond acceptors (Lipinski definition) is 4. The molecule has 0 heterocycles. The van der Waals surface area contributed by atoms with Gasteiger partial charge in [-0.2, -0.15) is 5.26 Å². The van der Waals surface area contributed by atoms with E-state index < -0.39 is 11.9 Å². The third-order valence-corrected chi connectivity index (χ3v) is 6.26. The largest absolute Gasteiger partial charge is 0.487 e. The number of carboxylic acid groups (broad SMARTS) is 1. The number of hydrogen-bond donors (Lipinski definition) is 2. The van der Waals surface area contributed by atoms with Gasteiger partial charge in [0.25, 0.3) is 5.91 Å². The Kier molecular flexibility index (Phi) is 8.66. The van der Waals surface area contributed by atoms with Crippen molar-refractivity contribution >= 4 is 78.1 Å². The molecule has 0 saturated carbocycles. The van der Waals surface area contributed by atoms with Crippen LogP contribution in [0, 0.1) is 14.9 Å². The lowest BCUT2D eigenvalue weighted by atomic mass is 10.1. The van der Waals surface area contributed by atoms with Crippen LogP contribution in [0.1, 0.15) is 21.5 Å². The van der Waals surface area contributed by atoms with Crippen molar-refractivity contribution in [3.63, 3.8) is 0 Å². The summed E-state index contributed by atoms with van der Waals surface area (Å²) < 4.78 is 8.37. The first kappa shape index (κ1) is 25.0. The normalized spacial score (nSPS) is 10.9. The van der Waals surface area contributed by atoms with Crippen LogP contribution in [-0.2, 0) is 11.4 Å². The molecular weight excluding hydrogens is 667 g/mol. The number of anilines is 1. The fourth-order valence-electron chi connectivity index (χ4n) is 2.78. The number of aromatic carboxylic acids is 1. The minimum absolute atomic E-state index is 0.0315. The summed E-state index contributed by atoms with van der Waals surface area (Å²) >= 11 is 9.21. The van der Waals surface area contributed by atoms with Gasteiger partial charge >= 0.3 is 5.97 Å². The van der Waals surface area contributed by atoms with Crippen LogP contribution in [0.2, 0.25) is 0 Å². The summed E-state index contributed by atoms with van der Waals surface area (Å²) in [5.74, 6) is -1.16. The van der Waals surface area contributed by atoms with Gasteiger partial charge in [-0.05, 0) is 114 Å². The molecule has 0 unspecified atom stereocenters. The van der Waals surface area contributed by atoms with E-state index in [0.717, 1.165) is 9.13 Å². The molecule has 6 nitrogen and oxygen atoms in total. The van der Waals surface area contributed by atoms with Crippen molar-refractivity contribution in [3.8, 4) is 11.8 Å². The number of halogens is 3. The van der Waals surface area contributed by atoms with Crippen molar-refractivity contribution in [2.45, 2.75) is 6.61 Å². The number of nitrogens with zero attached hydrogens (tertiary/aromatic N) is 1. The molecule has 9 heteroatoms. The molecule has 3 aromatic rings. The average molecular weight is 682 g/mol. The first-order chi connectivity index (χ1) is 15.8. The Morgan fingerprint density at radius 3 is 2.36 bits per heavy atom. The summed E-state index contributed by atoms with van der Waals surface area (Å²) in [5, 5.41) is 21.1. The zero-order valence-electron chi connectivity index (χ0n) is 16.8. The van der Waals surface area contributed by atoms with Crippen molar-refractivity contribution in [2.24, 2.45) is 0 Å². The van der Waals surface area contributed by atoms with E-state index in [1.54, 1.807) is 18.2 Å². The average Bonchev–Trinajstić information content (AvgIpc) is 2.78. The number of rotatable bonds is 7. The van der Waals surface area contributed by atoms with Crippen LogP contribution in [0.3, 0.4) is 0 Å². The van der Waals surface area contributed by atoms with Gasteiger partial charge in [-0.15, -0.1) is 0 Å². The Labute approximate surface area is 220 Å². The lowest BCUT2D eigenvalue weighted by Crippen LogP contribution is -2.14. The SMILES string of the molecule is N#C/C(=C/c1cc(Br)c(OCc2ccc(I)cc2)c(Br)c1)C(=O)Nc1cccc(C(=O)O)c1. The van der Waals surface area contributed by atoms with Gasteiger partial charge < -0.3 is 15.2 Å². The van der Waals surface area contributed by atoms with Crippen molar-refractivity contribution in [3.05, 3.63) is 95.4 Å². The maximum Gasteiger partial charge on any atom is 0.335 e.